The van der Waals surface area contributed by atoms with Crippen LogP contribution in [0.5, 0.6) is 0 Å². The van der Waals surface area contributed by atoms with Crippen LogP contribution in [0.3, 0.4) is 0 Å². The first-order valence-corrected chi connectivity index (χ1v) is 9.37. The first-order chi connectivity index (χ1) is 10.3. The minimum Gasteiger partial charge on any atom is -0.303 e. The fraction of sp³-hybridized carbons (Fsp3) is 0.850. The lowest BCUT2D eigenvalue weighted by molar-refractivity contribution is -0.107. The Kier molecular flexibility index (Phi) is 26.4. The van der Waals surface area contributed by atoms with Crippen LogP contribution in [0.25, 0.3) is 0 Å². The second-order valence-electron chi connectivity index (χ2n) is 5.92. The Bertz CT molecular complexity index is 186. The van der Waals surface area contributed by atoms with Crippen LogP contribution in [-0.2, 0) is 4.79 Å². The summed E-state index contributed by atoms with van der Waals surface area (Å²) in [5.74, 6) is 0. The molecule has 0 aliphatic carbocycles. The molecule has 0 rings (SSSR count). The molecule has 0 saturated carbocycles. The summed E-state index contributed by atoms with van der Waals surface area (Å²) in [6, 6.07) is 0. The summed E-state index contributed by atoms with van der Waals surface area (Å²) in [5, 5.41) is 0. The molecule has 0 bridgehead atoms. The molecule has 0 amide bonds. The highest BCUT2D eigenvalue weighted by molar-refractivity contribution is 5.48. The lowest BCUT2D eigenvalue weighted by atomic mass is 10.1. The van der Waals surface area contributed by atoms with Gasteiger partial charge in [0.25, 0.3) is 0 Å². The van der Waals surface area contributed by atoms with E-state index < -0.39 is 0 Å². The van der Waals surface area contributed by atoms with Gasteiger partial charge in [-0.3, -0.25) is 0 Å². The van der Waals surface area contributed by atoms with Gasteiger partial charge in [-0.2, -0.15) is 0 Å². The summed E-state index contributed by atoms with van der Waals surface area (Å²) in [4.78, 5) is 9.94. The predicted molar refractivity (Wildman–Crippen MR) is 96.9 cm³/mol. The number of carbonyl (C=O) groups is 1. The Morgan fingerprint density at radius 1 is 0.619 bits per heavy atom. The molecule has 0 spiro atoms. The van der Waals surface area contributed by atoms with Crippen molar-refractivity contribution >= 4 is 6.29 Å². The highest BCUT2D eigenvalue weighted by atomic mass is 16.1. The van der Waals surface area contributed by atoms with Gasteiger partial charge in [-0.05, 0) is 19.3 Å². The average Bonchev–Trinajstić information content (AvgIpc) is 2.51. The quantitative estimate of drug-likeness (QED) is 0.177. The second-order valence-corrected chi connectivity index (χ2v) is 5.92. The lowest BCUT2D eigenvalue weighted by Gasteiger charge is -1.97. The van der Waals surface area contributed by atoms with Crippen LogP contribution < -0.4 is 0 Å². The minimum atomic E-state index is 0.758. The number of hydrogen-bond acceptors (Lipinski definition) is 1. The van der Waals surface area contributed by atoms with Crippen molar-refractivity contribution in [2.24, 2.45) is 0 Å². The molecule has 0 N–H and O–H groups in total. The van der Waals surface area contributed by atoms with Crippen molar-refractivity contribution in [3.63, 3.8) is 0 Å². The van der Waals surface area contributed by atoms with E-state index in [0.29, 0.717) is 0 Å². The van der Waals surface area contributed by atoms with E-state index in [1.54, 1.807) is 0 Å². The number of carbonyl (C=O) groups excluding carboxylic acids is 1. The van der Waals surface area contributed by atoms with Gasteiger partial charge in [-0.15, -0.1) is 6.58 Å². The third-order valence-electron chi connectivity index (χ3n) is 3.69. The predicted octanol–water partition coefficient (Wildman–Crippen LogP) is 7.25. The third kappa shape index (κ3) is 28.3. The Morgan fingerprint density at radius 3 is 1.38 bits per heavy atom. The molecule has 0 radical (unpaired) electrons. The number of hydrogen-bond donors (Lipinski definition) is 0. The van der Waals surface area contributed by atoms with Gasteiger partial charge >= 0.3 is 0 Å². The zero-order valence-corrected chi connectivity index (χ0v) is 14.9. The van der Waals surface area contributed by atoms with Gasteiger partial charge in [0.05, 0.1) is 0 Å². The van der Waals surface area contributed by atoms with Crippen LogP contribution in [0.4, 0.5) is 0 Å². The number of aldehydes is 1. The molecule has 0 saturated heterocycles. The van der Waals surface area contributed by atoms with E-state index in [1.165, 1.54) is 83.5 Å². The highest BCUT2D eigenvalue weighted by Gasteiger charge is 1.89. The van der Waals surface area contributed by atoms with E-state index >= 15 is 0 Å². The van der Waals surface area contributed by atoms with Crippen molar-refractivity contribution in [1.29, 1.82) is 0 Å². The van der Waals surface area contributed by atoms with E-state index in [4.69, 9.17) is 0 Å². The molecule has 0 aromatic carbocycles. The molecule has 0 aliphatic heterocycles. The minimum absolute atomic E-state index is 0.758. The van der Waals surface area contributed by atoms with E-state index in [-0.39, 0.29) is 0 Å². The Balaban J connectivity index is 0. The van der Waals surface area contributed by atoms with E-state index in [1.807, 2.05) is 6.08 Å². The second kappa shape index (κ2) is 24.4. The zero-order valence-electron chi connectivity index (χ0n) is 14.9. The first-order valence-electron chi connectivity index (χ1n) is 9.37. The fourth-order valence-corrected chi connectivity index (χ4v) is 2.25. The molecule has 0 aromatic heterocycles. The van der Waals surface area contributed by atoms with Crippen LogP contribution in [0.15, 0.2) is 12.7 Å². The van der Waals surface area contributed by atoms with E-state index in [2.05, 4.69) is 20.4 Å². The molecule has 0 fully saturated rings. The van der Waals surface area contributed by atoms with Gasteiger partial charge in [0, 0.05) is 6.42 Å². The summed E-state index contributed by atoms with van der Waals surface area (Å²) >= 11 is 0. The van der Waals surface area contributed by atoms with Crippen molar-refractivity contribution in [3.05, 3.63) is 12.7 Å². The molecular formula is C20H40O. The van der Waals surface area contributed by atoms with Crippen LogP contribution >= 0.6 is 0 Å². The van der Waals surface area contributed by atoms with Gasteiger partial charge in [-0.1, -0.05) is 90.6 Å². The highest BCUT2D eigenvalue weighted by Crippen LogP contribution is 2.07. The van der Waals surface area contributed by atoms with E-state index in [0.717, 1.165) is 19.1 Å². The molecule has 0 atom stereocenters. The van der Waals surface area contributed by atoms with Gasteiger partial charge in [0.1, 0.15) is 6.29 Å². The monoisotopic (exact) mass is 296 g/mol. The zero-order chi connectivity index (χ0) is 16.0. The van der Waals surface area contributed by atoms with Crippen molar-refractivity contribution in [1.82, 2.24) is 0 Å². The standard InChI is InChI=1S/C10H20O.C10H20/c1-2-3-4-5-6-7-8-9-10-11;1-3-5-7-9-10-8-6-4-2/h10H,2-9H2,1H3;3H,1,4-10H2,2H3. The van der Waals surface area contributed by atoms with Crippen molar-refractivity contribution in [2.75, 3.05) is 0 Å². The summed E-state index contributed by atoms with van der Waals surface area (Å²) in [5.41, 5.74) is 0. The van der Waals surface area contributed by atoms with Gasteiger partial charge in [0.15, 0.2) is 0 Å². The first kappa shape index (κ1) is 22.7. The maximum Gasteiger partial charge on any atom is 0.119 e. The van der Waals surface area contributed by atoms with Crippen molar-refractivity contribution < 1.29 is 4.79 Å². The third-order valence-corrected chi connectivity index (χ3v) is 3.69. The molecule has 0 aromatic rings. The molecule has 0 aliphatic rings. The summed E-state index contributed by atoms with van der Waals surface area (Å²) in [7, 11) is 0. The average molecular weight is 297 g/mol. The fourth-order valence-electron chi connectivity index (χ4n) is 2.25. The number of allylic oxidation sites excluding steroid dienone is 1. The molecule has 0 heterocycles. The Hall–Kier alpha value is -0.590. The topological polar surface area (TPSA) is 17.1 Å². The molecular weight excluding hydrogens is 256 g/mol. The van der Waals surface area contributed by atoms with Gasteiger partial charge in [0.2, 0.25) is 0 Å². The van der Waals surface area contributed by atoms with Crippen LogP contribution in [-0.4, -0.2) is 6.29 Å². The number of rotatable bonds is 15. The smallest absolute Gasteiger partial charge is 0.119 e. The van der Waals surface area contributed by atoms with E-state index in [9.17, 15) is 4.79 Å². The van der Waals surface area contributed by atoms with Crippen LogP contribution in [0.2, 0.25) is 0 Å². The normalized spacial score (nSPS) is 9.81. The van der Waals surface area contributed by atoms with Crippen LogP contribution in [0, 0.1) is 0 Å². The van der Waals surface area contributed by atoms with Gasteiger partial charge < -0.3 is 4.79 Å². The number of unbranched alkanes of at least 4 members (excludes halogenated alkanes) is 13. The largest absolute Gasteiger partial charge is 0.303 e. The molecule has 21 heavy (non-hydrogen) atoms. The maximum atomic E-state index is 9.94. The lowest BCUT2D eigenvalue weighted by Crippen LogP contribution is -1.80. The summed E-state index contributed by atoms with van der Waals surface area (Å²) in [6.45, 7) is 8.18. The Labute approximate surface area is 134 Å². The molecule has 126 valence electrons. The molecule has 1 heteroatoms. The van der Waals surface area contributed by atoms with Crippen molar-refractivity contribution in [2.45, 2.75) is 110 Å². The molecule has 0 unspecified atom stereocenters. The summed E-state index contributed by atoms with van der Waals surface area (Å²) in [6.07, 6.45) is 22.4. The maximum absolute atomic E-state index is 9.94. The molecule has 1 nitrogen and oxygen atoms in total. The Morgan fingerprint density at radius 2 is 1.00 bits per heavy atom. The SMILES string of the molecule is C=CCCCCCCCC.CCCCCCCCCC=O. The van der Waals surface area contributed by atoms with Gasteiger partial charge in [-0.25, -0.2) is 0 Å². The van der Waals surface area contributed by atoms with Crippen LogP contribution in [0.1, 0.15) is 110 Å². The van der Waals surface area contributed by atoms with Crippen molar-refractivity contribution in [3.8, 4) is 0 Å². The summed E-state index contributed by atoms with van der Waals surface area (Å²) < 4.78 is 0.